The quantitative estimate of drug-likeness (QED) is 0.476. The summed E-state index contributed by atoms with van der Waals surface area (Å²) in [6.07, 6.45) is 1.57. The minimum Gasteiger partial charge on any atom is -0.382 e. The molecule has 3 aromatic rings. The van der Waals surface area contributed by atoms with E-state index in [0.717, 1.165) is 29.2 Å². The first kappa shape index (κ1) is 22.6. The van der Waals surface area contributed by atoms with Crippen molar-refractivity contribution in [1.29, 1.82) is 0 Å². The highest BCUT2D eigenvalue weighted by Gasteiger charge is 2.17. The molecule has 170 valence electrons. The number of hydrogen-bond acceptors (Lipinski definition) is 8. The Morgan fingerprint density at radius 2 is 1.88 bits per heavy atom. The van der Waals surface area contributed by atoms with Crippen molar-refractivity contribution < 1.29 is 14.3 Å². The molecule has 1 aliphatic heterocycles. The fourth-order valence-electron chi connectivity index (χ4n) is 3.32. The second kappa shape index (κ2) is 10.3. The lowest BCUT2D eigenvalue weighted by Crippen LogP contribution is -2.36. The van der Waals surface area contributed by atoms with E-state index in [9.17, 15) is 9.59 Å². The molecule has 1 aliphatic rings. The number of anilines is 3. The lowest BCUT2D eigenvalue weighted by molar-refractivity contribution is -0.117. The summed E-state index contributed by atoms with van der Waals surface area (Å²) in [6.45, 7) is 4.49. The predicted molar refractivity (Wildman–Crippen MR) is 129 cm³/mol. The Hall–Kier alpha value is -3.63. The SMILES string of the molecule is CC(=O)NSc1ccc(NC(=O)c2nc(-c3cccc(N4CCOCC4)c3)cnc2N)cc1. The molecule has 1 aromatic heterocycles. The number of aromatic nitrogens is 2. The Labute approximate surface area is 195 Å². The van der Waals surface area contributed by atoms with Gasteiger partial charge in [0.15, 0.2) is 11.5 Å². The molecule has 2 amide bonds. The van der Waals surface area contributed by atoms with Crippen molar-refractivity contribution in [3.8, 4) is 11.3 Å². The molecule has 0 bridgehead atoms. The minimum absolute atomic E-state index is 0.0541. The first-order valence-corrected chi connectivity index (χ1v) is 11.2. The van der Waals surface area contributed by atoms with Gasteiger partial charge in [-0.05, 0) is 48.3 Å². The van der Waals surface area contributed by atoms with Gasteiger partial charge in [-0.15, -0.1) is 0 Å². The predicted octanol–water partition coefficient (Wildman–Crippen LogP) is 2.96. The number of carbonyl (C=O) groups is 2. The Morgan fingerprint density at radius 3 is 2.61 bits per heavy atom. The number of nitrogens with zero attached hydrogens (tertiary/aromatic N) is 3. The monoisotopic (exact) mass is 464 g/mol. The number of amides is 2. The number of benzene rings is 2. The van der Waals surface area contributed by atoms with Gasteiger partial charge in [-0.3, -0.25) is 14.3 Å². The fourth-order valence-corrected chi connectivity index (χ4v) is 3.85. The van der Waals surface area contributed by atoms with Crippen LogP contribution in [0.4, 0.5) is 17.2 Å². The highest BCUT2D eigenvalue weighted by molar-refractivity contribution is 7.98. The summed E-state index contributed by atoms with van der Waals surface area (Å²) >= 11 is 1.20. The van der Waals surface area contributed by atoms with Crippen LogP contribution in [0.25, 0.3) is 11.3 Å². The van der Waals surface area contributed by atoms with Crippen molar-refractivity contribution in [2.45, 2.75) is 11.8 Å². The summed E-state index contributed by atoms with van der Waals surface area (Å²) in [7, 11) is 0. The van der Waals surface area contributed by atoms with E-state index in [1.165, 1.54) is 18.9 Å². The molecule has 0 spiro atoms. The topological polar surface area (TPSA) is 122 Å². The van der Waals surface area contributed by atoms with Gasteiger partial charge in [-0.1, -0.05) is 12.1 Å². The number of morpholine rings is 1. The van der Waals surface area contributed by atoms with Crippen molar-refractivity contribution in [3.05, 3.63) is 60.4 Å². The zero-order valence-corrected chi connectivity index (χ0v) is 18.9. The van der Waals surface area contributed by atoms with E-state index in [4.69, 9.17) is 10.5 Å². The Morgan fingerprint density at radius 1 is 1.12 bits per heavy atom. The molecule has 2 aromatic carbocycles. The summed E-state index contributed by atoms with van der Waals surface area (Å²) in [5, 5.41) is 2.79. The summed E-state index contributed by atoms with van der Waals surface area (Å²) in [4.78, 5) is 35.7. The normalized spacial score (nSPS) is 13.4. The number of carbonyl (C=O) groups excluding carboxylic acids is 2. The summed E-state index contributed by atoms with van der Waals surface area (Å²) < 4.78 is 8.08. The Balaban J connectivity index is 1.50. The molecule has 9 nitrogen and oxygen atoms in total. The summed E-state index contributed by atoms with van der Waals surface area (Å²) in [6, 6.07) is 15.0. The number of rotatable bonds is 6. The van der Waals surface area contributed by atoms with Gasteiger partial charge in [0.25, 0.3) is 5.91 Å². The maximum absolute atomic E-state index is 12.9. The third-order valence-electron chi connectivity index (χ3n) is 4.96. The molecule has 33 heavy (non-hydrogen) atoms. The summed E-state index contributed by atoms with van der Waals surface area (Å²) in [5.74, 6) is -0.534. The van der Waals surface area contributed by atoms with Gasteiger partial charge in [0.2, 0.25) is 5.91 Å². The third-order valence-corrected chi connectivity index (χ3v) is 5.86. The molecular weight excluding hydrogens is 440 g/mol. The smallest absolute Gasteiger partial charge is 0.278 e. The fraction of sp³-hybridized carbons (Fsp3) is 0.217. The minimum atomic E-state index is -0.451. The van der Waals surface area contributed by atoms with Crippen LogP contribution in [0.3, 0.4) is 0 Å². The van der Waals surface area contributed by atoms with Gasteiger partial charge in [0.05, 0.1) is 25.1 Å². The zero-order chi connectivity index (χ0) is 23.2. The molecule has 1 fully saturated rings. The number of nitrogens with one attached hydrogen (secondary N) is 2. The third kappa shape index (κ3) is 5.79. The molecule has 4 N–H and O–H groups in total. The van der Waals surface area contributed by atoms with Crippen molar-refractivity contribution in [3.63, 3.8) is 0 Å². The van der Waals surface area contributed by atoms with Crippen molar-refractivity contribution in [1.82, 2.24) is 14.7 Å². The first-order valence-electron chi connectivity index (χ1n) is 10.4. The number of ether oxygens (including phenoxy) is 1. The van der Waals surface area contributed by atoms with Crippen LogP contribution >= 0.6 is 11.9 Å². The maximum Gasteiger partial charge on any atom is 0.278 e. The molecule has 10 heteroatoms. The van der Waals surface area contributed by atoms with Crippen LogP contribution in [-0.2, 0) is 9.53 Å². The standard InChI is InChI=1S/C23H24N6O3S/c1-15(30)28-33-19-7-5-17(6-8-19)26-23(31)21-22(24)25-14-20(27-21)16-3-2-4-18(13-16)29-9-11-32-12-10-29/h2-8,13-14H,9-12H2,1H3,(H2,24,25)(H,26,31)(H,28,30). The number of hydrogen-bond donors (Lipinski definition) is 3. The van der Waals surface area contributed by atoms with Gasteiger partial charge in [-0.25, -0.2) is 9.97 Å². The van der Waals surface area contributed by atoms with E-state index >= 15 is 0 Å². The second-order valence-corrected chi connectivity index (χ2v) is 8.26. The second-order valence-electron chi connectivity index (χ2n) is 7.38. The number of nitrogens with two attached hydrogens (primary N) is 1. The van der Waals surface area contributed by atoms with Crippen molar-refractivity contribution >= 4 is 41.0 Å². The van der Waals surface area contributed by atoms with E-state index in [0.29, 0.717) is 24.6 Å². The highest BCUT2D eigenvalue weighted by atomic mass is 32.2. The highest BCUT2D eigenvalue weighted by Crippen LogP contribution is 2.25. The Bertz CT molecular complexity index is 1150. The Kier molecular flexibility index (Phi) is 7.06. The molecule has 1 saturated heterocycles. The van der Waals surface area contributed by atoms with Gasteiger partial charge in [-0.2, -0.15) is 0 Å². The maximum atomic E-state index is 12.9. The average Bonchev–Trinajstić information content (AvgIpc) is 2.84. The zero-order valence-electron chi connectivity index (χ0n) is 18.1. The first-order chi connectivity index (χ1) is 16.0. The molecule has 2 heterocycles. The summed E-state index contributed by atoms with van der Waals surface area (Å²) in [5.41, 5.74) is 9.07. The van der Waals surface area contributed by atoms with E-state index in [2.05, 4.69) is 24.9 Å². The van der Waals surface area contributed by atoms with E-state index in [-0.39, 0.29) is 17.4 Å². The van der Waals surface area contributed by atoms with Crippen LogP contribution in [0.15, 0.2) is 59.6 Å². The van der Waals surface area contributed by atoms with Gasteiger partial charge >= 0.3 is 0 Å². The van der Waals surface area contributed by atoms with Crippen LogP contribution in [0.2, 0.25) is 0 Å². The lowest BCUT2D eigenvalue weighted by Gasteiger charge is -2.29. The molecule has 4 rings (SSSR count). The largest absolute Gasteiger partial charge is 0.382 e. The molecule has 0 radical (unpaired) electrons. The average molecular weight is 465 g/mol. The molecule has 0 saturated carbocycles. The van der Waals surface area contributed by atoms with Crippen LogP contribution in [0.1, 0.15) is 17.4 Å². The van der Waals surface area contributed by atoms with Crippen LogP contribution in [0.5, 0.6) is 0 Å². The van der Waals surface area contributed by atoms with E-state index < -0.39 is 5.91 Å². The molecular formula is C23H24N6O3S. The van der Waals surface area contributed by atoms with Crippen molar-refractivity contribution in [2.24, 2.45) is 0 Å². The van der Waals surface area contributed by atoms with Gasteiger partial charge < -0.3 is 20.7 Å². The van der Waals surface area contributed by atoms with Gasteiger partial charge in [0, 0.05) is 41.8 Å². The van der Waals surface area contributed by atoms with Gasteiger partial charge in [0.1, 0.15) is 0 Å². The molecule has 0 aliphatic carbocycles. The van der Waals surface area contributed by atoms with Crippen LogP contribution in [0, 0.1) is 0 Å². The molecule has 0 unspecified atom stereocenters. The van der Waals surface area contributed by atoms with Crippen molar-refractivity contribution in [2.75, 3.05) is 42.3 Å². The van der Waals surface area contributed by atoms with E-state index in [1.54, 1.807) is 30.5 Å². The van der Waals surface area contributed by atoms with Crippen LogP contribution in [-0.4, -0.2) is 48.1 Å². The van der Waals surface area contributed by atoms with Crippen LogP contribution < -0.4 is 20.7 Å². The number of nitrogen functional groups attached to an aromatic ring is 1. The van der Waals surface area contributed by atoms with E-state index in [1.807, 2.05) is 24.3 Å². The lowest BCUT2D eigenvalue weighted by atomic mass is 10.1. The molecule has 0 atom stereocenters.